The summed E-state index contributed by atoms with van der Waals surface area (Å²) in [5, 5.41) is 3.84. The van der Waals surface area contributed by atoms with Crippen LogP contribution >= 0.6 is 15.9 Å². The van der Waals surface area contributed by atoms with E-state index < -0.39 is 0 Å². The number of carbonyl (C=O) groups is 2. The standard InChI is InChI=1S/C18H19BrN4O4/c1-11-20-18(27-21-11)12-3-2-6-22(8-12)16(24)9-23-14-5-4-13(19)7-15(14)26-10-17(23)25/h4-5,7,12H,2-3,6,8-10H2,1H3. The molecule has 1 unspecified atom stereocenters. The molecule has 0 bridgehead atoms. The second kappa shape index (κ2) is 7.30. The molecule has 0 N–H and O–H groups in total. The molecular formula is C18H19BrN4O4. The van der Waals surface area contributed by atoms with Gasteiger partial charge in [-0.2, -0.15) is 4.98 Å². The summed E-state index contributed by atoms with van der Waals surface area (Å²) < 4.78 is 11.6. The molecule has 8 nitrogen and oxygen atoms in total. The number of hydrogen-bond donors (Lipinski definition) is 0. The van der Waals surface area contributed by atoms with Crippen molar-refractivity contribution >= 4 is 33.4 Å². The largest absolute Gasteiger partial charge is 0.482 e. The maximum absolute atomic E-state index is 12.9. The first-order valence-corrected chi connectivity index (χ1v) is 9.61. The minimum absolute atomic E-state index is 0.00753. The lowest BCUT2D eigenvalue weighted by Gasteiger charge is -2.34. The molecule has 1 aromatic carbocycles. The van der Waals surface area contributed by atoms with Gasteiger partial charge in [-0.25, -0.2) is 0 Å². The number of hydrogen-bond acceptors (Lipinski definition) is 6. The summed E-state index contributed by atoms with van der Waals surface area (Å²) in [5.41, 5.74) is 0.615. The predicted octanol–water partition coefficient (Wildman–Crippen LogP) is 2.27. The van der Waals surface area contributed by atoms with Gasteiger partial charge in [0.25, 0.3) is 5.91 Å². The number of aryl methyl sites for hydroxylation is 1. The second-order valence-corrected chi connectivity index (χ2v) is 7.66. The van der Waals surface area contributed by atoms with E-state index in [1.54, 1.807) is 24.0 Å². The van der Waals surface area contributed by atoms with Crippen molar-refractivity contribution in [3.8, 4) is 5.75 Å². The number of amides is 2. The van der Waals surface area contributed by atoms with Crippen LogP contribution < -0.4 is 9.64 Å². The highest BCUT2D eigenvalue weighted by Gasteiger charge is 2.32. The van der Waals surface area contributed by atoms with E-state index >= 15 is 0 Å². The molecule has 2 aromatic rings. The molecule has 3 heterocycles. The Morgan fingerprint density at radius 1 is 1.41 bits per heavy atom. The number of anilines is 1. The van der Waals surface area contributed by atoms with Gasteiger partial charge in [0.1, 0.15) is 12.3 Å². The number of benzene rings is 1. The second-order valence-electron chi connectivity index (χ2n) is 6.74. The van der Waals surface area contributed by atoms with Crippen LogP contribution in [0.15, 0.2) is 27.2 Å². The lowest BCUT2D eigenvalue weighted by Crippen LogP contribution is -2.48. The molecule has 1 aromatic heterocycles. The minimum atomic E-state index is -0.223. The first kappa shape index (κ1) is 18.0. The number of nitrogens with zero attached hydrogens (tertiary/aromatic N) is 4. The van der Waals surface area contributed by atoms with E-state index in [1.165, 1.54) is 4.90 Å². The molecule has 9 heteroatoms. The van der Waals surface area contributed by atoms with E-state index in [0.717, 1.165) is 17.3 Å². The van der Waals surface area contributed by atoms with E-state index in [4.69, 9.17) is 9.26 Å². The van der Waals surface area contributed by atoms with Gasteiger partial charge in [0.15, 0.2) is 12.4 Å². The topological polar surface area (TPSA) is 88.8 Å². The average molecular weight is 435 g/mol. The van der Waals surface area contributed by atoms with Gasteiger partial charge in [-0.15, -0.1) is 0 Å². The highest BCUT2D eigenvalue weighted by molar-refractivity contribution is 9.10. The van der Waals surface area contributed by atoms with Gasteiger partial charge >= 0.3 is 0 Å². The Hall–Kier alpha value is -2.42. The summed E-state index contributed by atoms with van der Waals surface area (Å²) >= 11 is 3.39. The fourth-order valence-corrected chi connectivity index (χ4v) is 3.81. The number of piperidine rings is 1. The van der Waals surface area contributed by atoms with Gasteiger partial charge in [-0.3, -0.25) is 14.5 Å². The van der Waals surface area contributed by atoms with Crippen LogP contribution in [0.5, 0.6) is 5.75 Å². The highest BCUT2D eigenvalue weighted by atomic mass is 79.9. The quantitative estimate of drug-likeness (QED) is 0.735. The highest BCUT2D eigenvalue weighted by Crippen LogP contribution is 2.34. The summed E-state index contributed by atoms with van der Waals surface area (Å²) in [4.78, 5) is 32.8. The summed E-state index contributed by atoms with van der Waals surface area (Å²) in [5.74, 6) is 1.47. The Bertz CT molecular complexity index is 884. The molecule has 142 valence electrons. The molecule has 1 saturated heterocycles. The molecule has 4 rings (SSSR count). The van der Waals surface area contributed by atoms with E-state index in [9.17, 15) is 9.59 Å². The number of halogens is 1. The summed E-state index contributed by atoms with van der Waals surface area (Å²) in [6.07, 6.45) is 1.76. The Morgan fingerprint density at radius 3 is 3.04 bits per heavy atom. The summed E-state index contributed by atoms with van der Waals surface area (Å²) in [6, 6.07) is 5.41. The van der Waals surface area contributed by atoms with E-state index in [0.29, 0.717) is 36.2 Å². The number of aromatic nitrogens is 2. The van der Waals surface area contributed by atoms with Crippen LogP contribution in [0.25, 0.3) is 0 Å². The predicted molar refractivity (Wildman–Crippen MR) is 99.6 cm³/mol. The zero-order valence-electron chi connectivity index (χ0n) is 14.9. The lowest BCUT2D eigenvalue weighted by atomic mass is 9.98. The first-order valence-electron chi connectivity index (χ1n) is 8.82. The average Bonchev–Trinajstić information content (AvgIpc) is 3.10. The molecular weight excluding hydrogens is 416 g/mol. The van der Waals surface area contributed by atoms with Crippen molar-refractivity contribution in [1.29, 1.82) is 0 Å². The van der Waals surface area contributed by atoms with Crippen molar-refractivity contribution in [2.45, 2.75) is 25.7 Å². The molecule has 2 amide bonds. The third-order valence-corrected chi connectivity index (χ3v) is 5.32. The monoisotopic (exact) mass is 434 g/mol. The lowest BCUT2D eigenvalue weighted by molar-refractivity contribution is -0.133. The first-order chi connectivity index (χ1) is 13.0. The van der Waals surface area contributed by atoms with Crippen molar-refractivity contribution < 1.29 is 18.8 Å². The molecule has 0 aliphatic carbocycles. The normalized spacial score (nSPS) is 19.6. The van der Waals surface area contributed by atoms with Gasteiger partial charge in [-0.05, 0) is 38.0 Å². The van der Waals surface area contributed by atoms with E-state index in [2.05, 4.69) is 26.1 Å². The van der Waals surface area contributed by atoms with Gasteiger partial charge in [0.2, 0.25) is 11.8 Å². The number of likely N-dealkylation sites (tertiary alicyclic amines) is 1. The molecule has 1 atom stereocenters. The van der Waals surface area contributed by atoms with Crippen LogP contribution in [-0.4, -0.2) is 53.1 Å². The summed E-state index contributed by atoms with van der Waals surface area (Å²) in [7, 11) is 0. The van der Waals surface area contributed by atoms with Gasteiger partial charge in [0, 0.05) is 17.6 Å². The SMILES string of the molecule is Cc1noc(C2CCCN(C(=O)CN3C(=O)COc4cc(Br)ccc43)C2)n1. The van der Waals surface area contributed by atoms with Crippen LogP contribution in [-0.2, 0) is 9.59 Å². The van der Waals surface area contributed by atoms with Gasteiger partial charge < -0.3 is 14.2 Å². The molecule has 2 aliphatic rings. The van der Waals surface area contributed by atoms with Crippen molar-refractivity contribution in [3.05, 3.63) is 34.4 Å². The fraction of sp³-hybridized carbons (Fsp3) is 0.444. The summed E-state index contributed by atoms with van der Waals surface area (Å²) in [6.45, 7) is 2.88. The number of ether oxygens (including phenoxy) is 1. The van der Waals surface area contributed by atoms with Crippen molar-refractivity contribution in [2.24, 2.45) is 0 Å². The van der Waals surface area contributed by atoms with Crippen LogP contribution in [0.1, 0.15) is 30.5 Å². The van der Waals surface area contributed by atoms with Crippen LogP contribution in [0.3, 0.4) is 0 Å². The van der Waals surface area contributed by atoms with Gasteiger partial charge in [-0.1, -0.05) is 21.1 Å². The minimum Gasteiger partial charge on any atom is -0.482 e. The molecule has 0 radical (unpaired) electrons. The van der Waals surface area contributed by atoms with Crippen LogP contribution in [0.2, 0.25) is 0 Å². The third kappa shape index (κ3) is 3.69. The maximum atomic E-state index is 12.9. The van der Waals surface area contributed by atoms with E-state index in [-0.39, 0.29) is 30.9 Å². The zero-order valence-corrected chi connectivity index (χ0v) is 16.4. The zero-order chi connectivity index (χ0) is 19.0. The molecule has 0 saturated carbocycles. The van der Waals surface area contributed by atoms with Crippen molar-refractivity contribution in [3.63, 3.8) is 0 Å². The van der Waals surface area contributed by atoms with Gasteiger partial charge in [0.05, 0.1) is 11.6 Å². The maximum Gasteiger partial charge on any atom is 0.265 e. The molecule has 0 spiro atoms. The number of fused-ring (bicyclic) bond motifs is 1. The van der Waals surface area contributed by atoms with Crippen LogP contribution in [0, 0.1) is 6.92 Å². The Morgan fingerprint density at radius 2 is 2.26 bits per heavy atom. The Kier molecular flexibility index (Phi) is 4.86. The van der Waals surface area contributed by atoms with Crippen molar-refractivity contribution in [1.82, 2.24) is 15.0 Å². The number of carbonyl (C=O) groups excluding carboxylic acids is 2. The fourth-order valence-electron chi connectivity index (χ4n) is 3.47. The van der Waals surface area contributed by atoms with Crippen LogP contribution in [0.4, 0.5) is 5.69 Å². The number of rotatable bonds is 3. The Labute approximate surface area is 164 Å². The Balaban J connectivity index is 1.48. The van der Waals surface area contributed by atoms with Crippen molar-refractivity contribution in [2.75, 3.05) is 31.1 Å². The molecule has 27 heavy (non-hydrogen) atoms. The third-order valence-electron chi connectivity index (χ3n) is 4.82. The smallest absolute Gasteiger partial charge is 0.265 e. The molecule has 1 fully saturated rings. The molecule has 2 aliphatic heterocycles. The van der Waals surface area contributed by atoms with E-state index in [1.807, 2.05) is 6.07 Å².